The molecule has 0 amide bonds. The number of benzene rings is 2. The smallest absolute Gasteiger partial charge is 0.0360 e. The van der Waals surface area contributed by atoms with Gasteiger partial charge in [0, 0.05) is 18.1 Å². The van der Waals surface area contributed by atoms with Gasteiger partial charge in [-0.3, -0.25) is 4.90 Å². The molecular formula is C20H21N. The predicted molar refractivity (Wildman–Crippen MR) is 85.3 cm³/mol. The Hall–Kier alpha value is -1.60. The zero-order valence-corrected chi connectivity index (χ0v) is 12.3. The van der Waals surface area contributed by atoms with E-state index in [9.17, 15) is 0 Å². The minimum atomic E-state index is 0.680. The molecule has 0 spiro atoms. The Morgan fingerprint density at radius 1 is 0.714 bits per heavy atom. The minimum Gasteiger partial charge on any atom is -0.286 e. The molecule has 21 heavy (non-hydrogen) atoms. The fourth-order valence-electron chi connectivity index (χ4n) is 5.03. The Labute approximate surface area is 126 Å². The third-order valence-electron chi connectivity index (χ3n) is 5.84. The van der Waals surface area contributed by atoms with E-state index in [1.54, 1.807) is 22.3 Å². The van der Waals surface area contributed by atoms with Gasteiger partial charge in [-0.15, -0.1) is 0 Å². The Kier molecular flexibility index (Phi) is 2.54. The van der Waals surface area contributed by atoms with Gasteiger partial charge in [-0.25, -0.2) is 0 Å². The maximum absolute atomic E-state index is 2.87. The molecule has 1 fully saturated rings. The van der Waals surface area contributed by atoms with Crippen molar-refractivity contribution in [3.63, 3.8) is 0 Å². The topological polar surface area (TPSA) is 3.24 Å². The third kappa shape index (κ3) is 1.67. The monoisotopic (exact) mass is 275 g/mol. The SMILES string of the molecule is c1ccc2c(c1)CC(N1C3CCCC1c1ccccc13)C2. The Morgan fingerprint density at radius 2 is 1.24 bits per heavy atom. The molecule has 1 heteroatoms. The van der Waals surface area contributed by atoms with Crippen LogP contribution in [0.15, 0.2) is 48.5 Å². The van der Waals surface area contributed by atoms with Crippen LogP contribution in [0.2, 0.25) is 0 Å². The summed E-state index contributed by atoms with van der Waals surface area (Å²) in [7, 11) is 0. The highest BCUT2D eigenvalue weighted by atomic mass is 15.2. The van der Waals surface area contributed by atoms with Gasteiger partial charge in [0.1, 0.15) is 0 Å². The zero-order chi connectivity index (χ0) is 13.8. The highest BCUT2D eigenvalue weighted by Crippen LogP contribution is 2.52. The molecule has 106 valence electrons. The lowest BCUT2D eigenvalue weighted by molar-refractivity contribution is 0.0627. The molecule has 2 aromatic rings. The summed E-state index contributed by atoms with van der Waals surface area (Å²) in [5.41, 5.74) is 6.40. The molecule has 2 aliphatic heterocycles. The first kappa shape index (κ1) is 12.0. The highest BCUT2D eigenvalue weighted by Gasteiger charge is 2.45. The first-order valence-electron chi connectivity index (χ1n) is 8.35. The fourth-order valence-corrected chi connectivity index (χ4v) is 5.03. The molecule has 2 bridgehead atoms. The molecule has 1 nitrogen and oxygen atoms in total. The van der Waals surface area contributed by atoms with Gasteiger partial charge in [0.05, 0.1) is 0 Å². The van der Waals surface area contributed by atoms with Gasteiger partial charge in [-0.05, 0) is 54.4 Å². The van der Waals surface area contributed by atoms with Gasteiger partial charge in [0.25, 0.3) is 0 Å². The zero-order valence-electron chi connectivity index (χ0n) is 12.3. The van der Waals surface area contributed by atoms with Gasteiger partial charge in [-0.2, -0.15) is 0 Å². The van der Waals surface area contributed by atoms with Crippen molar-refractivity contribution in [3.8, 4) is 0 Å². The first-order chi connectivity index (χ1) is 10.4. The van der Waals surface area contributed by atoms with E-state index in [4.69, 9.17) is 0 Å². The molecule has 5 rings (SSSR count). The van der Waals surface area contributed by atoms with E-state index in [1.807, 2.05) is 0 Å². The molecule has 0 N–H and O–H groups in total. The van der Waals surface area contributed by atoms with Gasteiger partial charge in [0.15, 0.2) is 0 Å². The number of nitrogens with zero attached hydrogens (tertiary/aromatic N) is 1. The molecule has 2 heterocycles. The van der Waals surface area contributed by atoms with E-state index in [0.29, 0.717) is 18.1 Å². The van der Waals surface area contributed by atoms with Crippen LogP contribution in [0.4, 0.5) is 0 Å². The van der Waals surface area contributed by atoms with E-state index in [-0.39, 0.29) is 0 Å². The lowest BCUT2D eigenvalue weighted by Crippen LogP contribution is -2.39. The summed E-state index contributed by atoms with van der Waals surface area (Å²) in [5.74, 6) is 0. The normalized spacial score (nSPS) is 27.6. The van der Waals surface area contributed by atoms with Crippen LogP contribution in [0.5, 0.6) is 0 Å². The predicted octanol–water partition coefficient (Wildman–Crippen LogP) is 4.44. The van der Waals surface area contributed by atoms with E-state index >= 15 is 0 Å². The summed E-state index contributed by atoms with van der Waals surface area (Å²) in [6.45, 7) is 0. The lowest BCUT2D eigenvalue weighted by Gasteiger charge is -2.39. The Morgan fingerprint density at radius 3 is 1.81 bits per heavy atom. The van der Waals surface area contributed by atoms with Crippen LogP contribution in [0, 0.1) is 0 Å². The van der Waals surface area contributed by atoms with Crippen molar-refractivity contribution in [3.05, 3.63) is 70.8 Å². The van der Waals surface area contributed by atoms with E-state index in [1.165, 1.54) is 32.1 Å². The summed E-state index contributed by atoms with van der Waals surface area (Å²) in [6.07, 6.45) is 6.58. The summed E-state index contributed by atoms with van der Waals surface area (Å²) >= 11 is 0. The number of hydrogen-bond acceptors (Lipinski definition) is 1. The van der Waals surface area contributed by atoms with Crippen molar-refractivity contribution >= 4 is 0 Å². The molecule has 3 aliphatic rings. The quantitative estimate of drug-likeness (QED) is 0.744. The van der Waals surface area contributed by atoms with E-state index < -0.39 is 0 Å². The molecule has 2 atom stereocenters. The van der Waals surface area contributed by atoms with Crippen LogP contribution in [0.1, 0.15) is 53.6 Å². The molecule has 0 aromatic heterocycles. The van der Waals surface area contributed by atoms with Crippen molar-refractivity contribution in [1.82, 2.24) is 4.90 Å². The van der Waals surface area contributed by atoms with Crippen LogP contribution in [-0.2, 0) is 12.8 Å². The van der Waals surface area contributed by atoms with Crippen LogP contribution in [0.3, 0.4) is 0 Å². The number of hydrogen-bond donors (Lipinski definition) is 0. The van der Waals surface area contributed by atoms with Crippen LogP contribution in [0.25, 0.3) is 0 Å². The van der Waals surface area contributed by atoms with Crippen LogP contribution >= 0.6 is 0 Å². The second-order valence-electron chi connectivity index (χ2n) is 6.87. The van der Waals surface area contributed by atoms with Crippen LogP contribution < -0.4 is 0 Å². The fraction of sp³-hybridized carbons (Fsp3) is 0.400. The van der Waals surface area contributed by atoms with Gasteiger partial charge >= 0.3 is 0 Å². The molecule has 2 aromatic carbocycles. The van der Waals surface area contributed by atoms with Crippen molar-refractivity contribution in [2.45, 2.75) is 50.2 Å². The van der Waals surface area contributed by atoms with E-state index in [0.717, 1.165) is 0 Å². The van der Waals surface area contributed by atoms with Gasteiger partial charge in [-0.1, -0.05) is 48.5 Å². The van der Waals surface area contributed by atoms with Gasteiger partial charge < -0.3 is 0 Å². The van der Waals surface area contributed by atoms with Crippen LogP contribution in [-0.4, -0.2) is 10.9 Å². The van der Waals surface area contributed by atoms with Crippen molar-refractivity contribution < 1.29 is 0 Å². The minimum absolute atomic E-state index is 0.680. The molecule has 1 aliphatic carbocycles. The highest BCUT2D eigenvalue weighted by molar-refractivity contribution is 5.41. The Bertz CT molecular complexity index is 634. The number of fused-ring (bicyclic) bond motifs is 6. The first-order valence-corrected chi connectivity index (χ1v) is 8.35. The Balaban J connectivity index is 1.52. The number of rotatable bonds is 1. The molecule has 0 radical (unpaired) electrons. The second-order valence-corrected chi connectivity index (χ2v) is 6.87. The lowest BCUT2D eigenvalue weighted by atomic mass is 9.97. The van der Waals surface area contributed by atoms with E-state index in [2.05, 4.69) is 53.4 Å². The largest absolute Gasteiger partial charge is 0.286 e. The van der Waals surface area contributed by atoms with Gasteiger partial charge in [0.2, 0.25) is 0 Å². The van der Waals surface area contributed by atoms with Crippen molar-refractivity contribution in [2.24, 2.45) is 0 Å². The maximum Gasteiger partial charge on any atom is 0.0360 e. The summed E-state index contributed by atoms with van der Waals surface area (Å²) in [5, 5.41) is 0. The standard InChI is InChI=1S/C20H21N/c1-2-7-15-13-16(12-14(15)6-1)21-19-10-5-11-20(21)18-9-4-3-8-17(18)19/h1-4,6-9,16,19-20H,5,10-13H2. The van der Waals surface area contributed by atoms with Crippen molar-refractivity contribution in [2.75, 3.05) is 0 Å². The maximum atomic E-state index is 2.87. The van der Waals surface area contributed by atoms with Crippen molar-refractivity contribution in [1.29, 1.82) is 0 Å². The average Bonchev–Trinajstić information content (AvgIpc) is 3.04. The molecular weight excluding hydrogens is 254 g/mol. The summed E-state index contributed by atoms with van der Waals surface area (Å²) in [6, 6.07) is 20.3. The summed E-state index contributed by atoms with van der Waals surface area (Å²) < 4.78 is 0. The molecule has 1 saturated heterocycles. The summed E-state index contributed by atoms with van der Waals surface area (Å²) in [4.78, 5) is 2.87. The third-order valence-corrected chi connectivity index (χ3v) is 5.84. The second kappa shape index (κ2) is 4.45. The average molecular weight is 275 g/mol. The number of piperidine rings is 1. The molecule has 0 saturated carbocycles. The molecule has 2 unspecified atom stereocenters.